The molecule has 0 saturated carbocycles. The molecule has 4 rings (SSSR count). The van der Waals surface area contributed by atoms with Crippen molar-refractivity contribution in [1.29, 1.82) is 0 Å². The first-order chi connectivity index (χ1) is 12.5. The zero-order valence-corrected chi connectivity index (χ0v) is 15.9. The number of sulfonamides is 1. The summed E-state index contributed by atoms with van der Waals surface area (Å²) in [5.41, 5.74) is 1.33. The van der Waals surface area contributed by atoms with Crippen LogP contribution in [0.1, 0.15) is 12.0 Å². The van der Waals surface area contributed by atoms with Crippen molar-refractivity contribution < 1.29 is 13.3 Å². The predicted molar refractivity (Wildman–Crippen MR) is 100 cm³/mol. The number of piperidine rings is 1. The number of rotatable bonds is 3. The summed E-state index contributed by atoms with van der Waals surface area (Å²) in [6.07, 6.45) is 2.01. The van der Waals surface area contributed by atoms with Gasteiger partial charge >= 0.3 is 0 Å². The minimum absolute atomic E-state index is 0.0188. The Bertz CT molecular complexity index is 760. The summed E-state index contributed by atoms with van der Waals surface area (Å²) in [6.45, 7) is 5.71. The van der Waals surface area contributed by atoms with Gasteiger partial charge < -0.3 is 9.74 Å². The van der Waals surface area contributed by atoms with Crippen LogP contribution in [0.2, 0.25) is 0 Å². The van der Waals surface area contributed by atoms with Gasteiger partial charge in [0.2, 0.25) is 10.0 Å². The van der Waals surface area contributed by atoms with Crippen LogP contribution in [0.3, 0.4) is 0 Å². The highest BCUT2D eigenvalue weighted by Crippen LogP contribution is 2.30. The van der Waals surface area contributed by atoms with Gasteiger partial charge in [-0.1, -0.05) is 35.5 Å². The van der Waals surface area contributed by atoms with E-state index in [1.54, 1.807) is 4.31 Å². The quantitative estimate of drug-likeness (QED) is 0.778. The van der Waals surface area contributed by atoms with Crippen LogP contribution in [-0.4, -0.2) is 80.0 Å². The van der Waals surface area contributed by atoms with Gasteiger partial charge in [-0.3, -0.25) is 4.90 Å². The fraction of sp³-hybridized carbons (Fsp3) is 0.611. The van der Waals surface area contributed by atoms with Gasteiger partial charge in [0.25, 0.3) is 0 Å². The fourth-order valence-electron chi connectivity index (χ4n) is 4.03. The third-order valence-electron chi connectivity index (χ3n) is 5.54. The predicted octanol–water partition coefficient (Wildman–Crippen LogP) is 0.798. The largest absolute Gasteiger partial charge is 0.390 e. The number of amidine groups is 1. The second-order valence-electron chi connectivity index (χ2n) is 7.36. The van der Waals surface area contributed by atoms with E-state index < -0.39 is 10.0 Å². The van der Waals surface area contributed by atoms with E-state index in [4.69, 9.17) is 4.84 Å². The molecule has 2 fully saturated rings. The molecule has 3 aliphatic rings. The third kappa shape index (κ3) is 3.72. The Labute approximate surface area is 155 Å². The van der Waals surface area contributed by atoms with Gasteiger partial charge in [0, 0.05) is 52.2 Å². The highest BCUT2D eigenvalue weighted by atomic mass is 32.2. The number of nitrogens with zero attached hydrogens (tertiary/aromatic N) is 4. The summed E-state index contributed by atoms with van der Waals surface area (Å²) >= 11 is 0. The van der Waals surface area contributed by atoms with Crippen LogP contribution in [-0.2, 0) is 21.4 Å². The number of fused-ring (bicyclic) bond motifs is 1. The number of piperazine rings is 1. The van der Waals surface area contributed by atoms with E-state index in [0.29, 0.717) is 19.5 Å². The van der Waals surface area contributed by atoms with Crippen molar-refractivity contribution in [1.82, 2.24) is 14.1 Å². The van der Waals surface area contributed by atoms with Crippen LogP contribution < -0.4 is 0 Å². The molecule has 0 bridgehead atoms. The topological polar surface area (TPSA) is 65.5 Å². The molecule has 26 heavy (non-hydrogen) atoms. The molecule has 1 aromatic rings. The van der Waals surface area contributed by atoms with Crippen LogP contribution in [0.4, 0.5) is 0 Å². The van der Waals surface area contributed by atoms with Gasteiger partial charge in [-0.25, -0.2) is 12.7 Å². The highest BCUT2D eigenvalue weighted by molar-refractivity contribution is 7.88. The minimum Gasteiger partial charge on any atom is -0.390 e. The highest BCUT2D eigenvalue weighted by Gasteiger charge is 2.43. The van der Waals surface area contributed by atoms with Gasteiger partial charge in [0.15, 0.2) is 5.84 Å². The van der Waals surface area contributed by atoms with E-state index in [9.17, 15) is 8.42 Å². The lowest BCUT2D eigenvalue weighted by Gasteiger charge is -2.39. The third-order valence-corrected chi connectivity index (χ3v) is 6.81. The standard InChI is InChI=1S/C18H26N4O3S/c1-26(23,24)22-8-7-17-16(14-22)18(19-25-17)21-11-9-20(10-12-21)13-15-5-3-2-4-6-15/h2-6,16-17H,7-14H2,1H3/t16-,17-/m1/s1. The summed E-state index contributed by atoms with van der Waals surface area (Å²) in [5.74, 6) is 0.988. The monoisotopic (exact) mass is 378 g/mol. The maximum Gasteiger partial charge on any atom is 0.211 e. The summed E-state index contributed by atoms with van der Waals surface area (Å²) in [7, 11) is -3.17. The molecule has 0 amide bonds. The molecule has 0 unspecified atom stereocenters. The van der Waals surface area contributed by atoms with Crippen LogP contribution in [0.15, 0.2) is 35.5 Å². The van der Waals surface area contributed by atoms with Gasteiger partial charge in [-0.05, 0) is 5.56 Å². The Kier molecular flexibility index (Phi) is 4.90. The Morgan fingerprint density at radius 3 is 2.54 bits per heavy atom. The van der Waals surface area contributed by atoms with Crippen LogP contribution in [0.25, 0.3) is 0 Å². The molecule has 2 atom stereocenters. The molecule has 142 valence electrons. The fourth-order valence-corrected chi connectivity index (χ4v) is 4.90. The lowest BCUT2D eigenvalue weighted by molar-refractivity contribution is 0.0307. The Morgan fingerprint density at radius 2 is 1.85 bits per heavy atom. The second-order valence-corrected chi connectivity index (χ2v) is 9.34. The molecule has 3 heterocycles. The van der Waals surface area contributed by atoms with Gasteiger partial charge in [-0.15, -0.1) is 0 Å². The number of oxime groups is 1. The normalized spacial score (nSPS) is 27.7. The van der Waals surface area contributed by atoms with Crippen LogP contribution in [0, 0.1) is 5.92 Å². The van der Waals surface area contributed by atoms with Crippen LogP contribution in [0.5, 0.6) is 0 Å². The lowest BCUT2D eigenvalue weighted by atomic mass is 9.94. The number of hydrogen-bond donors (Lipinski definition) is 0. The molecule has 0 spiro atoms. The van der Waals surface area contributed by atoms with Crippen molar-refractivity contribution in [3.63, 3.8) is 0 Å². The summed E-state index contributed by atoms with van der Waals surface area (Å²) < 4.78 is 25.4. The van der Waals surface area contributed by atoms with Gasteiger partial charge in [-0.2, -0.15) is 0 Å². The van der Waals surface area contributed by atoms with Gasteiger partial charge in [0.05, 0.1) is 12.2 Å². The Morgan fingerprint density at radius 1 is 1.12 bits per heavy atom. The molecule has 0 aromatic heterocycles. The Balaban J connectivity index is 1.35. The number of hydrogen-bond acceptors (Lipinski definition) is 6. The Hall–Kier alpha value is -1.64. The second kappa shape index (κ2) is 7.17. The molecule has 7 nitrogen and oxygen atoms in total. The first kappa shape index (κ1) is 17.8. The molecule has 1 aromatic carbocycles. The molecular weight excluding hydrogens is 352 g/mol. The minimum atomic E-state index is -3.17. The molecule has 0 radical (unpaired) electrons. The first-order valence-corrected chi connectivity index (χ1v) is 11.1. The van der Waals surface area contributed by atoms with Crippen LogP contribution >= 0.6 is 0 Å². The van der Waals surface area contributed by atoms with E-state index in [2.05, 4.69) is 39.2 Å². The van der Waals surface area contributed by atoms with Crippen molar-refractivity contribution in [2.45, 2.75) is 19.1 Å². The molecule has 8 heteroatoms. The molecular formula is C18H26N4O3S. The van der Waals surface area contributed by atoms with Crippen molar-refractivity contribution in [2.75, 3.05) is 45.5 Å². The van der Waals surface area contributed by atoms with Crippen molar-refractivity contribution in [2.24, 2.45) is 11.1 Å². The summed E-state index contributed by atoms with van der Waals surface area (Å²) in [5, 5.41) is 4.33. The maximum absolute atomic E-state index is 11.9. The summed E-state index contributed by atoms with van der Waals surface area (Å²) in [6, 6.07) is 10.5. The molecule has 0 aliphatic carbocycles. The zero-order valence-electron chi connectivity index (χ0n) is 15.1. The van der Waals surface area contributed by atoms with E-state index >= 15 is 0 Å². The zero-order chi connectivity index (χ0) is 18.1. The van der Waals surface area contributed by atoms with Gasteiger partial charge in [0.1, 0.15) is 6.10 Å². The number of benzene rings is 1. The average Bonchev–Trinajstić information content (AvgIpc) is 3.06. The van der Waals surface area contributed by atoms with Crippen molar-refractivity contribution >= 4 is 15.9 Å². The molecule has 2 saturated heterocycles. The maximum atomic E-state index is 11.9. The van der Waals surface area contributed by atoms with Crippen molar-refractivity contribution in [3.8, 4) is 0 Å². The van der Waals surface area contributed by atoms with E-state index in [-0.39, 0.29) is 12.0 Å². The van der Waals surface area contributed by atoms with E-state index in [0.717, 1.165) is 38.6 Å². The van der Waals surface area contributed by atoms with Crippen molar-refractivity contribution in [3.05, 3.63) is 35.9 Å². The first-order valence-electron chi connectivity index (χ1n) is 9.21. The summed E-state index contributed by atoms with van der Waals surface area (Å²) in [4.78, 5) is 10.3. The van der Waals surface area contributed by atoms with E-state index in [1.807, 2.05) is 6.07 Å². The smallest absolute Gasteiger partial charge is 0.211 e. The lowest BCUT2D eigenvalue weighted by Crippen LogP contribution is -2.54. The average molecular weight is 378 g/mol. The molecule has 0 N–H and O–H groups in total. The van der Waals surface area contributed by atoms with E-state index in [1.165, 1.54) is 11.8 Å². The molecule has 3 aliphatic heterocycles. The SMILES string of the molecule is CS(=O)(=O)N1CC[C@H]2ON=C(N3CCN(Cc4ccccc4)CC3)[C@@H]2C1.